The van der Waals surface area contributed by atoms with Crippen LogP contribution in [0.4, 0.5) is 0 Å². The zero-order valence-corrected chi connectivity index (χ0v) is 10.8. The molecule has 1 aliphatic heterocycles. The molecule has 2 heteroatoms. The van der Waals surface area contributed by atoms with E-state index in [1.165, 1.54) is 24.2 Å². The molecule has 0 spiro atoms. The molecule has 0 aromatic heterocycles. The number of hydrogen-bond donors (Lipinski definition) is 0. The van der Waals surface area contributed by atoms with E-state index in [1.807, 2.05) is 0 Å². The fraction of sp³-hybridized carbons (Fsp3) is 0.500. The smallest absolute Gasteiger partial charge is 0.0136 e. The van der Waals surface area contributed by atoms with Crippen LogP contribution < -0.4 is 0 Å². The minimum Gasteiger partial charge on any atom is -0.122 e. The average molecular weight is 271 g/mol. The molecule has 2 atom stereocenters. The van der Waals surface area contributed by atoms with Gasteiger partial charge in [-0.1, -0.05) is 41.1 Å². The third-order valence-corrected chi connectivity index (χ3v) is 4.45. The molecule has 1 aromatic rings. The van der Waals surface area contributed by atoms with Gasteiger partial charge in [-0.05, 0) is 30.9 Å². The summed E-state index contributed by atoms with van der Waals surface area (Å²) in [6.07, 6.45) is 3.87. The Kier molecular flexibility index (Phi) is 3.56. The molecule has 0 N–H and O–H groups in total. The van der Waals surface area contributed by atoms with Gasteiger partial charge in [0, 0.05) is 15.0 Å². The molecule has 1 heterocycles. The highest BCUT2D eigenvalue weighted by Crippen LogP contribution is 2.39. The van der Waals surface area contributed by atoms with Crippen LogP contribution in [0, 0.1) is 0 Å². The van der Waals surface area contributed by atoms with Gasteiger partial charge in [0.25, 0.3) is 0 Å². The second-order valence-corrected chi connectivity index (χ2v) is 6.82. The summed E-state index contributed by atoms with van der Waals surface area (Å²) in [5, 5.41) is 0.812. The molecule has 0 nitrogen and oxygen atoms in total. The van der Waals surface area contributed by atoms with E-state index in [4.69, 9.17) is 0 Å². The van der Waals surface area contributed by atoms with E-state index in [2.05, 4.69) is 58.9 Å². The lowest BCUT2D eigenvalue weighted by atomic mass is 10.1. The fourth-order valence-electron chi connectivity index (χ4n) is 1.83. The molecule has 0 saturated heterocycles. The van der Waals surface area contributed by atoms with Crippen LogP contribution in [0.3, 0.4) is 0 Å². The molecule has 2 rings (SSSR count). The molecule has 0 fully saturated rings. The van der Waals surface area contributed by atoms with Crippen molar-refractivity contribution in [3.8, 4) is 0 Å². The van der Waals surface area contributed by atoms with Gasteiger partial charge in [0.05, 0.1) is 0 Å². The van der Waals surface area contributed by atoms with Crippen LogP contribution in [0.5, 0.6) is 0 Å². The second-order valence-electron chi connectivity index (χ2n) is 3.91. The summed E-state index contributed by atoms with van der Waals surface area (Å²) >= 11 is 5.66. The Balaban J connectivity index is 1.92. The summed E-state index contributed by atoms with van der Waals surface area (Å²) in [5.74, 6) is 0. The summed E-state index contributed by atoms with van der Waals surface area (Å²) < 4.78 is 0. The normalized spacial score (nSPS) is 22.0. The van der Waals surface area contributed by atoms with Crippen molar-refractivity contribution in [1.82, 2.24) is 0 Å². The summed E-state index contributed by atoms with van der Waals surface area (Å²) in [6.45, 7) is 2.23. The van der Waals surface area contributed by atoms with Gasteiger partial charge in [-0.3, -0.25) is 0 Å². The molecule has 0 amide bonds. The second kappa shape index (κ2) is 4.71. The van der Waals surface area contributed by atoms with Gasteiger partial charge < -0.3 is 0 Å². The number of halogens is 1. The highest BCUT2D eigenvalue weighted by atomic mass is 79.9. The Morgan fingerprint density at radius 3 is 3.00 bits per heavy atom. The lowest BCUT2D eigenvalue weighted by Crippen LogP contribution is -2.03. The first-order valence-electron chi connectivity index (χ1n) is 5.14. The van der Waals surface area contributed by atoms with Crippen LogP contribution in [-0.2, 0) is 6.42 Å². The van der Waals surface area contributed by atoms with Gasteiger partial charge in [-0.2, -0.15) is 0 Å². The zero-order valence-electron chi connectivity index (χ0n) is 8.37. The summed E-state index contributed by atoms with van der Waals surface area (Å²) in [4.78, 5) is 2.16. The van der Waals surface area contributed by atoms with Crippen LogP contribution in [0.15, 0.2) is 29.2 Å². The predicted molar refractivity (Wildman–Crippen MR) is 67.4 cm³/mol. The predicted octanol–water partition coefficient (Wildman–Crippen LogP) is 4.27. The Morgan fingerprint density at radius 1 is 1.50 bits per heavy atom. The van der Waals surface area contributed by atoms with Gasteiger partial charge in [0.2, 0.25) is 0 Å². The maximum absolute atomic E-state index is 3.61. The van der Waals surface area contributed by atoms with E-state index in [-0.39, 0.29) is 0 Å². The van der Waals surface area contributed by atoms with E-state index < -0.39 is 0 Å². The third-order valence-electron chi connectivity index (χ3n) is 2.60. The number of fused-ring (bicyclic) bond motifs is 1. The molecular formula is C12H15BrS. The van der Waals surface area contributed by atoms with Crippen molar-refractivity contribution < 1.29 is 0 Å². The quantitative estimate of drug-likeness (QED) is 0.740. The molecule has 1 aromatic carbocycles. The lowest BCUT2D eigenvalue weighted by molar-refractivity contribution is 0.702. The highest BCUT2D eigenvalue weighted by molar-refractivity contribution is 9.09. The topological polar surface area (TPSA) is 0 Å². The molecule has 76 valence electrons. The van der Waals surface area contributed by atoms with E-state index in [0.717, 1.165) is 5.25 Å². The molecule has 1 aliphatic rings. The standard InChI is InChI=1S/C12H15BrS/c1-9(13)6-7-11-8-10-4-2-3-5-12(10)14-11/h2-5,9,11H,6-8H2,1H3. The summed E-state index contributed by atoms with van der Waals surface area (Å²) in [6, 6.07) is 8.80. The Hall–Kier alpha value is 0.0500. The van der Waals surface area contributed by atoms with Crippen molar-refractivity contribution in [3.63, 3.8) is 0 Å². The van der Waals surface area contributed by atoms with Gasteiger partial charge in [-0.25, -0.2) is 0 Å². The Bertz CT molecular complexity index is 284. The molecule has 0 saturated carbocycles. The van der Waals surface area contributed by atoms with Crippen LogP contribution in [0.1, 0.15) is 25.3 Å². The van der Waals surface area contributed by atoms with Crippen LogP contribution in [0.2, 0.25) is 0 Å². The van der Waals surface area contributed by atoms with Crippen LogP contribution in [0.25, 0.3) is 0 Å². The van der Waals surface area contributed by atoms with E-state index in [9.17, 15) is 0 Å². The number of rotatable bonds is 3. The molecule has 0 radical (unpaired) electrons. The van der Waals surface area contributed by atoms with Gasteiger partial charge >= 0.3 is 0 Å². The summed E-state index contributed by atoms with van der Waals surface area (Å²) in [5.41, 5.74) is 1.55. The average Bonchev–Trinajstić information content (AvgIpc) is 2.57. The number of hydrogen-bond acceptors (Lipinski definition) is 1. The number of thioether (sulfide) groups is 1. The zero-order chi connectivity index (χ0) is 9.97. The Morgan fingerprint density at radius 2 is 2.29 bits per heavy atom. The van der Waals surface area contributed by atoms with Crippen molar-refractivity contribution in [1.29, 1.82) is 0 Å². The van der Waals surface area contributed by atoms with E-state index in [0.29, 0.717) is 4.83 Å². The lowest BCUT2D eigenvalue weighted by Gasteiger charge is -2.08. The largest absolute Gasteiger partial charge is 0.122 e. The first-order chi connectivity index (χ1) is 6.75. The van der Waals surface area contributed by atoms with E-state index >= 15 is 0 Å². The summed E-state index contributed by atoms with van der Waals surface area (Å²) in [7, 11) is 0. The van der Waals surface area contributed by atoms with Crippen LogP contribution in [-0.4, -0.2) is 10.1 Å². The fourth-order valence-corrected chi connectivity index (χ4v) is 3.43. The van der Waals surface area contributed by atoms with Crippen LogP contribution >= 0.6 is 27.7 Å². The van der Waals surface area contributed by atoms with Crippen molar-refractivity contribution in [2.24, 2.45) is 0 Å². The highest BCUT2D eigenvalue weighted by Gasteiger charge is 2.21. The molecule has 2 unspecified atom stereocenters. The minimum atomic E-state index is 0.659. The monoisotopic (exact) mass is 270 g/mol. The minimum absolute atomic E-state index is 0.659. The SMILES string of the molecule is CC(Br)CCC1Cc2ccccc2S1. The molecule has 0 aliphatic carbocycles. The Labute approximate surface area is 98.6 Å². The van der Waals surface area contributed by atoms with Gasteiger partial charge in [0.1, 0.15) is 0 Å². The van der Waals surface area contributed by atoms with Crippen molar-refractivity contribution >= 4 is 27.7 Å². The first-order valence-corrected chi connectivity index (χ1v) is 6.94. The van der Waals surface area contributed by atoms with Crippen molar-refractivity contribution in [2.75, 3.05) is 0 Å². The third kappa shape index (κ3) is 2.54. The van der Waals surface area contributed by atoms with E-state index in [1.54, 1.807) is 5.56 Å². The molecule has 14 heavy (non-hydrogen) atoms. The van der Waals surface area contributed by atoms with Gasteiger partial charge in [0.15, 0.2) is 0 Å². The molecule has 0 bridgehead atoms. The number of benzene rings is 1. The number of alkyl halides is 1. The molecular weight excluding hydrogens is 256 g/mol. The van der Waals surface area contributed by atoms with Gasteiger partial charge in [-0.15, -0.1) is 11.8 Å². The maximum atomic E-state index is 3.61. The van der Waals surface area contributed by atoms with Crippen molar-refractivity contribution in [3.05, 3.63) is 29.8 Å². The van der Waals surface area contributed by atoms with Crippen molar-refractivity contribution in [2.45, 2.75) is 41.2 Å². The first kappa shape index (κ1) is 10.6. The maximum Gasteiger partial charge on any atom is 0.0136 e.